The van der Waals surface area contributed by atoms with Crippen molar-refractivity contribution in [3.63, 3.8) is 0 Å². The van der Waals surface area contributed by atoms with Crippen LogP contribution in [0.1, 0.15) is 21.6 Å². The molecule has 1 aliphatic heterocycles. The maximum atomic E-state index is 13.1. The smallest absolute Gasteiger partial charge is 0.274 e. The van der Waals surface area contributed by atoms with Gasteiger partial charge in [0.2, 0.25) is 5.91 Å². The van der Waals surface area contributed by atoms with Gasteiger partial charge in [0, 0.05) is 24.6 Å². The third-order valence-electron chi connectivity index (χ3n) is 5.14. The maximum Gasteiger partial charge on any atom is 0.274 e. The van der Waals surface area contributed by atoms with Crippen LogP contribution in [0.3, 0.4) is 0 Å². The fourth-order valence-corrected chi connectivity index (χ4v) is 3.60. The third-order valence-corrected chi connectivity index (χ3v) is 5.14. The second-order valence-corrected chi connectivity index (χ2v) is 7.21. The van der Waals surface area contributed by atoms with Gasteiger partial charge >= 0.3 is 0 Å². The summed E-state index contributed by atoms with van der Waals surface area (Å²) in [7, 11) is 0. The van der Waals surface area contributed by atoms with E-state index in [1.54, 1.807) is 9.80 Å². The molecule has 1 fully saturated rings. The van der Waals surface area contributed by atoms with Crippen LogP contribution in [0, 0.1) is 6.92 Å². The van der Waals surface area contributed by atoms with Crippen molar-refractivity contribution in [1.29, 1.82) is 0 Å². The van der Waals surface area contributed by atoms with Crippen molar-refractivity contribution in [3.05, 3.63) is 90.0 Å². The first-order valence-electron chi connectivity index (χ1n) is 9.60. The average molecular weight is 386 g/mol. The van der Waals surface area contributed by atoms with Gasteiger partial charge < -0.3 is 9.80 Å². The summed E-state index contributed by atoms with van der Waals surface area (Å²) in [5.41, 5.74) is 3.36. The molecule has 0 radical (unpaired) electrons. The van der Waals surface area contributed by atoms with Gasteiger partial charge in [-0.3, -0.25) is 14.6 Å². The number of aromatic nitrogens is 2. The molecule has 1 aliphatic rings. The van der Waals surface area contributed by atoms with Crippen LogP contribution in [0.25, 0.3) is 0 Å². The number of rotatable bonds is 4. The summed E-state index contributed by atoms with van der Waals surface area (Å²) in [5, 5.41) is 0. The van der Waals surface area contributed by atoms with Crippen LogP contribution < -0.4 is 4.90 Å². The molecule has 2 aromatic carbocycles. The number of piperazine rings is 1. The highest BCUT2D eigenvalue weighted by Gasteiger charge is 2.36. The van der Waals surface area contributed by atoms with Crippen LogP contribution in [-0.2, 0) is 11.2 Å². The molecular weight excluding hydrogens is 364 g/mol. The van der Waals surface area contributed by atoms with Crippen LogP contribution in [0.4, 0.5) is 5.69 Å². The van der Waals surface area contributed by atoms with Gasteiger partial charge in [0.1, 0.15) is 12.2 Å². The van der Waals surface area contributed by atoms with Gasteiger partial charge in [0.25, 0.3) is 5.91 Å². The maximum absolute atomic E-state index is 13.1. The number of carbonyl (C=O) groups excluding carboxylic acids is 2. The molecule has 6 heteroatoms. The van der Waals surface area contributed by atoms with Gasteiger partial charge in [-0.25, -0.2) is 4.98 Å². The Bertz CT molecular complexity index is 990. The minimum absolute atomic E-state index is 0.0147. The lowest BCUT2D eigenvalue weighted by Crippen LogP contribution is -2.59. The SMILES string of the molecule is Cc1ccc(N2CC(Cc3ccccc3)N(C(=O)c3cnccn3)CC2=O)cc1. The van der Waals surface area contributed by atoms with Crippen LogP contribution in [0.15, 0.2) is 73.2 Å². The van der Waals surface area contributed by atoms with Gasteiger partial charge in [0.05, 0.1) is 12.2 Å². The zero-order chi connectivity index (χ0) is 20.2. The van der Waals surface area contributed by atoms with E-state index in [4.69, 9.17) is 0 Å². The Balaban J connectivity index is 1.64. The quantitative estimate of drug-likeness (QED) is 0.692. The lowest BCUT2D eigenvalue weighted by atomic mass is 10.0. The lowest BCUT2D eigenvalue weighted by molar-refractivity contribution is -0.121. The molecule has 146 valence electrons. The summed E-state index contributed by atoms with van der Waals surface area (Å²) in [6.45, 7) is 2.46. The van der Waals surface area contributed by atoms with Gasteiger partial charge in [-0.2, -0.15) is 0 Å². The predicted molar refractivity (Wildman–Crippen MR) is 111 cm³/mol. The molecule has 0 aliphatic carbocycles. The van der Waals surface area contributed by atoms with Crippen molar-refractivity contribution in [2.45, 2.75) is 19.4 Å². The van der Waals surface area contributed by atoms with E-state index in [-0.39, 0.29) is 30.1 Å². The van der Waals surface area contributed by atoms with Gasteiger partial charge in [-0.05, 0) is 31.0 Å². The molecule has 3 aromatic rings. The molecule has 0 bridgehead atoms. The van der Waals surface area contributed by atoms with Gasteiger partial charge in [0.15, 0.2) is 0 Å². The molecule has 29 heavy (non-hydrogen) atoms. The average Bonchev–Trinajstić information content (AvgIpc) is 2.76. The van der Waals surface area contributed by atoms with Crippen LogP contribution in [0.5, 0.6) is 0 Å². The highest BCUT2D eigenvalue weighted by Crippen LogP contribution is 2.23. The summed E-state index contributed by atoms with van der Waals surface area (Å²) in [5.74, 6) is -0.369. The molecule has 1 aromatic heterocycles. The molecule has 6 nitrogen and oxygen atoms in total. The summed E-state index contributed by atoms with van der Waals surface area (Å²) in [6, 6.07) is 17.7. The van der Waals surface area contributed by atoms with Crippen molar-refractivity contribution in [1.82, 2.24) is 14.9 Å². The highest BCUT2D eigenvalue weighted by molar-refractivity contribution is 6.01. The minimum atomic E-state index is -0.268. The molecule has 2 amide bonds. The zero-order valence-electron chi connectivity index (χ0n) is 16.2. The Morgan fingerprint density at radius 3 is 2.52 bits per heavy atom. The normalized spacial score (nSPS) is 16.7. The molecule has 1 atom stereocenters. The molecule has 0 saturated carbocycles. The molecule has 1 saturated heterocycles. The summed E-state index contributed by atoms with van der Waals surface area (Å²) < 4.78 is 0. The molecule has 2 heterocycles. The number of amides is 2. The van der Waals surface area contributed by atoms with Crippen molar-refractivity contribution >= 4 is 17.5 Å². The number of benzene rings is 2. The number of nitrogens with zero attached hydrogens (tertiary/aromatic N) is 4. The lowest BCUT2D eigenvalue weighted by Gasteiger charge is -2.41. The number of anilines is 1. The Morgan fingerprint density at radius 2 is 1.83 bits per heavy atom. The monoisotopic (exact) mass is 386 g/mol. The van der Waals surface area contributed by atoms with E-state index in [1.165, 1.54) is 18.6 Å². The first-order chi connectivity index (χ1) is 14.1. The first-order valence-corrected chi connectivity index (χ1v) is 9.60. The summed E-state index contributed by atoms with van der Waals surface area (Å²) in [6.07, 6.45) is 5.11. The van der Waals surface area contributed by atoms with Crippen molar-refractivity contribution in [3.8, 4) is 0 Å². The van der Waals surface area contributed by atoms with E-state index in [9.17, 15) is 9.59 Å². The topological polar surface area (TPSA) is 66.4 Å². The Hall–Kier alpha value is -3.54. The Morgan fingerprint density at radius 1 is 1.07 bits per heavy atom. The second-order valence-electron chi connectivity index (χ2n) is 7.21. The highest BCUT2D eigenvalue weighted by atomic mass is 16.2. The molecule has 1 unspecified atom stereocenters. The van der Waals surface area contributed by atoms with E-state index in [2.05, 4.69) is 9.97 Å². The van der Waals surface area contributed by atoms with Crippen molar-refractivity contribution < 1.29 is 9.59 Å². The number of aryl methyl sites for hydroxylation is 1. The predicted octanol–water partition coefficient (Wildman–Crippen LogP) is 2.89. The Labute approximate surface area is 169 Å². The van der Waals surface area contributed by atoms with Crippen LogP contribution in [-0.4, -0.2) is 45.8 Å². The van der Waals surface area contributed by atoms with E-state index in [0.29, 0.717) is 13.0 Å². The standard InChI is InChI=1S/C23H22N4O2/c1-17-7-9-19(10-8-17)26-15-20(13-18-5-3-2-4-6-18)27(16-22(26)28)23(29)21-14-24-11-12-25-21/h2-12,14,20H,13,15-16H2,1H3. The zero-order valence-corrected chi connectivity index (χ0v) is 16.2. The third kappa shape index (κ3) is 4.16. The van der Waals surface area contributed by atoms with E-state index >= 15 is 0 Å². The largest absolute Gasteiger partial charge is 0.323 e. The van der Waals surface area contributed by atoms with Gasteiger partial charge in [-0.1, -0.05) is 48.0 Å². The summed E-state index contributed by atoms with van der Waals surface area (Å²) in [4.78, 5) is 37.5. The number of hydrogen-bond donors (Lipinski definition) is 0. The van der Waals surface area contributed by atoms with E-state index in [0.717, 1.165) is 16.8 Å². The van der Waals surface area contributed by atoms with Crippen molar-refractivity contribution in [2.75, 3.05) is 18.0 Å². The van der Waals surface area contributed by atoms with E-state index in [1.807, 2.05) is 61.5 Å². The van der Waals surface area contributed by atoms with Crippen LogP contribution in [0.2, 0.25) is 0 Å². The fourth-order valence-electron chi connectivity index (χ4n) is 3.60. The number of hydrogen-bond acceptors (Lipinski definition) is 4. The summed E-state index contributed by atoms with van der Waals surface area (Å²) >= 11 is 0. The van der Waals surface area contributed by atoms with Crippen LogP contribution >= 0.6 is 0 Å². The molecule has 4 rings (SSSR count). The molecule has 0 N–H and O–H groups in total. The molecule has 0 spiro atoms. The Kier molecular flexibility index (Phi) is 5.33. The minimum Gasteiger partial charge on any atom is -0.323 e. The van der Waals surface area contributed by atoms with E-state index < -0.39 is 0 Å². The van der Waals surface area contributed by atoms with Gasteiger partial charge in [-0.15, -0.1) is 0 Å². The first kappa shape index (κ1) is 18.8. The molecular formula is C23H22N4O2. The van der Waals surface area contributed by atoms with Crippen molar-refractivity contribution in [2.24, 2.45) is 0 Å². The second kappa shape index (κ2) is 8.22. The number of carbonyl (C=O) groups is 2. The fraction of sp³-hybridized carbons (Fsp3) is 0.217.